The number of nitrogens with one attached hydrogen (secondary N) is 1. The van der Waals surface area contributed by atoms with Crippen LogP contribution in [0, 0.1) is 0 Å². The van der Waals surface area contributed by atoms with Crippen LogP contribution < -0.4 is 5.56 Å². The summed E-state index contributed by atoms with van der Waals surface area (Å²) in [7, 11) is 0. The number of fused-ring (bicyclic) bond motifs is 1. The Labute approximate surface area is 164 Å². The maximum Gasteiger partial charge on any atom is 0.335 e. The molecule has 0 atom stereocenters. The maximum atomic E-state index is 12.4. The van der Waals surface area contributed by atoms with E-state index in [4.69, 9.17) is 10.2 Å². The van der Waals surface area contributed by atoms with Crippen LogP contribution in [-0.4, -0.2) is 38.0 Å². The number of Topliss-reactive ketones (excluding diaryl/α,β-unsaturated/α-hetero) is 1. The van der Waals surface area contributed by atoms with Gasteiger partial charge in [0.1, 0.15) is 0 Å². The number of ketones is 1. The number of aliphatic carboxylic acids is 1. The Hall–Kier alpha value is -3.78. The smallest absolute Gasteiger partial charge is 0.335 e. The molecule has 2 aromatic carbocycles. The number of benzene rings is 2. The summed E-state index contributed by atoms with van der Waals surface area (Å²) in [5.74, 6) is -2.86. The van der Waals surface area contributed by atoms with Gasteiger partial charge in [0, 0.05) is 22.9 Å². The number of H-pyrrole nitrogens is 1. The molecule has 0 amide bonds. The molecule has 0 aliphatic carbocycles. The van der Waals surface area contributed by atoms with E-state index in [0.717, 1.165) is 0 Å². The molecule has 0 unspecified atom stereocenters. The molecule has 0 radical (unpaired) electrons. The van der Waals surface area contributed by atoms with Gasteiger partial charge in [-0.2, -0.15) is 0 Å². The van der Waals surface area contributed by atoms with E-state index in [-0.39, 0.29) is 23.1 Å². The zero-order chi connectivity index (χ0) is 21.1. The Morgan fingerprint density at radius 3 is 2.14 bits per heavy atom. The van der Waals surface area contributed by atoms with E-state index < -0.39 is 36.3 Å². The monoisotopic (exact) mass is 395 g/mol. The number of aromatic carboxylic acids is 1. The van der Waals surface area contributed by atoms with Crippen molar-refractivity contribution in [1.82, 2.24) is 4.98 Å². The molecule has 0 spiro atoms. The lowest BCUT2D eigenvalue weighted by atomic mass is 9.95. The Morgan fingerprint density at radius 2 is 1.55 bits per heavy atom. The van der Waals surface area contributed by atoms with E-state index in [1.54, 1.807) is 30.3 Å². The lowest BCUT2D eigenvalue weighted by Crippen LogP contribution is -2.22. The highest BCUT2D eigenvalue weighted by Gasteiger charge is 2.20. The number of carbonyl (C=O) groups excluding carboxylic acids is 1. The molecule has 0 bridgehead atoms. The minimum absolute atomic E-state index is 0.128. The Kier molecular flexibility index (Phi) is 5.56. The second-order valence-electron chi connectivity index (χ2n) is 6.43. The highest BCUT2D eigenvalue weighted by atomic mass is 16.4. The van der Waals surface area contributed by atoms with Crippen LogP contribution in [0.5, 0.6) is 0 Å². The third-order valence-electron chi connectivity index (χ3n) is 4.59. The molecule has 148 valence electrons. The molecular weight excluding hydrogens is 378 g/mol. The van der Waals surface area contributed by atoms with Gasteiger partial charge in [0.15, 0.2) is 5.78 Å². The van der Waals surface area contributed by atoms with Crippen molar-refractivity contribution >= 4 is 28.6 Å². The molecule has 29 heavy (non-hydrogen) atoms. The first-order chi connectivity index (χ1) is 13.8. The van der Waals surface area contributed by atoms with Crippen molar-refractivity contribution in [3.63, 3.8) is 0 Å². The van der Waals surface area contributed by atoms with Crippen LogP contribution in [0.4, 0.5) is 0 Å². The molecule has 8 heteroatoms. The largest absolute Gasteiger partial charge is 0.481 e. The van der Waals surface area contributed by atoms with Crippen molar-refractivity contribution in [3.05, 3.63) is 69.5 Å². The number of carbonyl (C=O) groups is 3. The predicted octanol–water partition coefficient (Wildman–Crippen LogP) is 2.43. The Balaban J connectivity index is 2.12. The number of hydrogen-bond donors (Lipinski definition) is 4. The van der Waals surface area contributed by atoms with Gasteiger partial charge in [-0.05, 0) is 35.4 Å². The first-order valence-electron chi connectivity index (χ1n) is 8.70. The number of aliphatic hydroxyl groups excluding tert-OH is 1. The average molecular weight is 395 g/mol. The van der Waals surface area contributed by atoms with E-state index in [1.807, 2.05) is 0 Å². The van der Waals surface area contributed by atoms with E-state index >= 15 is 0 Å². The first kappa shape index (κ1) is 20.0. The van der Waals surface area contributed by atoms with Gasteiger partial charge in [0.05, 0.1) is 24.2 Å². The van der Waals surface area contributed by atoms with Gasteiger partial charge in [0.25, 0.3) is 5.56 Å². The SMILES string of the molecule is O=C(O)CCC(=O)c1c(CO)c2cc(-c3ccc(C(=O)O)cc3)ccc2[nH]c1=O. The van der Waals surface area contributed by atoms with Crippen LogP contribution in [-0.2, 0) is 11.4 Å². The minimum atomic E-state index is -1.16. The van der Waals surface area contributed by atoms with Gasteiger partial charge in [-0.25, -0.2) is 4.79 Å². The number of aromatic amines is 1. The number of carboxylic acid groups (broad SMARTS) is 2. The lowest BCUT2D eigenvalue weighted by Gasteiger charge is -2.11. The number of pyridine rings is 1. The fourth-order valence-electron chi connectivity index (χ4n) is 3.15. The second-order valence-corrected chi connectivity index (χ2v) is 6.43. The van der Waals surface area contributed by atoms with Gasteiger partial charge < -0.3 is 20.3 Å². The fraction of sp³-hybridized carbons (Fsp3) is 0.143. The molecule has 3 aromatic rings. The normalized spacial score (nSPS) is 10.8. The molecule has 0 aliphatic rings. The summed E-state index contributed by atoms with van der Waals surface area (Å²) >= 11 is 0. The topological polar surface area (TPSA) is 145 Å². The van der Waals surface area contributed by atoms with Crippen molar-refractivity contribution in [2.75, 3.05) is 0 Å². The molecule has 0 saturated carbocycles. The molecule has 1 aromatic heterocycles. The van der Waals surface area contributed by atoms with Crippen molar-refractivity contribution in [2.45, 2.75) is 19.4 Å². The van der Waals surface area contributed by atoms with Crippen LogP contribution in [0.3, 0.4) is 0 Å². The first-order valence-corrected chi connectivity index (χ1v) is 8.70. The van der Waals surface area contributed by atoms with Crippen molar-refractivity contribution in [1.29, 1.82) is 0 Å². The Bertz CT molecular complexity index is 1180. The van der Waals surface area contributed by atoms with E-state index in [9.17, 15) is 24.3 Å². The zero-order valence-electron chi connectivity index (χ0n) is 15.1. The summed E-state index contributed by atoms with van der Waals surface area (Å²) in [4.78, 5) is 49.1. The number of rotatable bonds is 7. The second kappa shape index (κ2) is 8.07. The summed E-state index contributed by atoms with van der Waals surface area (Å²) in [6.45, 7) is -0.573. The molecule has 0 saturated heterocycles. The summed E-state index contributed by atoms with van der Waals surface area (Å²) in [5.41, 5.74) is 1.16. The number of hydrogen-bond acceptors (Lipinski definition) is 5. The van der Waals surface area contributed by atoms with Crippen LogP contribution in [0.25, 0.3) is 22.0 Å². The quantitative estimate of drug-likeness (QED) is 0.450. The average Bonchev–Trinajstić information content (AvgIpc) is 2.70. The summed E-state index contributed by atoms with van der Waals surface area (Å²) in [5, 5.41) is 28.1. The Morgan fingerprint density at radius 1 is 0.897 bits per heavy atom. The van der Waals surface area contributed by atoms with Crippen molar-refractivity contribution in [2.24, 2.45) is 0 Å². The standard InChI is InChI=1S/C21H17NO7/c23-10-15-14-9-13(11-1-3-12(4-2-11)21(28)29)5-6-16(14)22-20(27)19(15)17(24)7-8-18(25)26/h1-6,9,23H,7-8,10H2,(H,22,27)(H,25,26)(H,28,29). The molecule has 4 N–H and O–H groups in total. The van der Waals surface area contributed by atoms with Gasteiger partial charge in [-0.3, -0.25) is 14.4 Å². The van der Waals surface area contributed by atoms with Gasteiger partial charge in [-0.15, -0.1) is 0 Å². The van der Waals surface area contributed by atoms with Gasteiger partial charge in [0.2, 0.25) is 0 Å². The third-order valence-corrected chi connectivity index (χ3v) is 4.59. The van der Waals surface area contributed by atoms with Crippen LogP contribution in [0.2, 0.25) is 0 Å². The highest BCUT2D eigenvalue weighted by Crippen LogP contribution is 2.27. The minimum Gasteiger partial charge on any atom is -0.481 e. The van der Waals surface area contributed by atoms with Crippen LogP contribution in [0.15, 0.2) is 47.3 Å². The lowest BCUT2D eigenvalue weighted by molar-refractivity contribution is -0.136. The van der Waals surface area contributed by atoms with Crippen molar-refractivity contribution < 1.29 is 29.7 Å². The highest BCUT2D eigenvalue weighted by molar-refractivity contribution is 6.02. The third kappa shape index (κ3) is 4.07. The summed E-state index contributed by atoms with van der Waals surface area (Å²) in [6, 6.07) is 11.2. The van der Waals surface area contributed by atoms with E-state index in [0.29, 0.717) is 22.0 Å². The fourth-order valence-corrected chi connectivity index (χ4v) is 3.15. The predicted molar refractivity (Wildman–Crippen MR) is 104 cm³/mol. The van der Waals surface area contributed by atoms with Crippen molar-refractivity contribution in [3.8, 4) is 11.1 Å². The van der Waals surface area contributed by atoms with Gasteiger partial charge >= 0.3 is 11.9 Å². The zero-order valence-corrected chi connectivity index (χ0v) is 15.1. The molecule has 0 fully saturated rings. The number of carboxylic acids is 2. The molecule has 1 heterocycles. The number of aliphatic hydroxyl groups is 1. The van der Waals surface area contributed by atoms with E-state index in [2.05, 4.69) is 4.98 Å². The number of aromatic nitrogens is 1. The molecular formula is C21H17NO7. The molecule has 3 rings (SSSR count). The van der Waals surface area contributed by atoms with Crippen LogP contribution >= 0.6 is 0 Å². The summed E-state index contributed by atoms with van der Waals surface area (Å²) in [6.07, 6.45) is -0.773. The van der Waals surface area contributed by atoms with Crippen LogP contribution in [0.1, 0.15) is 39.1 Å². The molecule has 0 aliphatic heterocycles. The van der Waals surface area contributed by atoms with Gasteiger partial charge in [-0.1, -0.05) is 18.2 Å². The maximum absolute atomic E-state index is 12.4. The molecule has 8 nitrogen and oxygen atoms in total. The summed E-state index contributed by atoms with van der Waals surface area (Å²) < 4.78 is 0. The van der Waals surface area contributed by atoms with E-state index in [1.165, 1.54) is 12.1 Å².